The molecule has 1 unspecified atom stereocenters. The number of amides is 4. The molecule has 4 aliphatic carbocycles. The van der Waals surface area contributed by atoms with Crippen molar-refractivity contribution >= 4 is 17.8 Å². The number of rotatable bonds is 8. The lowest BCUT2D eigenvalue weighted by molar-refractivity contribution is -0.128. The Balaban J connectivity index is 1.13. The third-order valence-corrected chi connectivity index (χ3v) is 6.84. The zero-order chi connectivity index (χ0) is 21.1. The minimum Gasteiger partial charge on any atom is -0.467 e. The number of nitrogens with one attached hydrogen (secondary N) is 4. The molecule has 4 bridgehead atoms. The Morgan fingerprint density at radius 2 is 1.77 bits per heavy atom. The van der Waals surface area contributed by atoms with Gasteiger partial charge in [-0.1, -0.05) is 0 Å². The Morgan fingerprint density at radius 1 is 1.10 bits per heavy atom. The average molecular weight is 417 g/mol. The summed E-state index contributed by atoms with van der Waals surface area (Å²) in [6, 6.07) is 2.67. The van der Waals surface area contributed by atoms with E-state index >= 15 is 0 Å². The standard InChI is InChI=1S/C22H32N4O4/c1-14(20(28)24-13-18-3-2-6-30-18)25-19(27)4-5-23-21(29)26-22-10-15-7-16(11-22)9-17(8-15)12-22/h2-3,6,14-17H,4-5,7-13H2,1H3,(H,24,28)(H,25,27)(H2,23,26,29). The summed E-state index contributed by atoms with van der Waals surface area (Å²) in [5.74, 6) is 2.39. The van der Waals surface area contributed by atoms with Gasteiger partial charge in [0.2, 0.25) is 11.8 Å². The van der Waals surface area contributed by atoms with E-state index in [9.17, 15) is 14.4 Å². The maximum atomic E-state index is 12.4. The second-order valence-corrected chi connectivity index (χ2v) is 9.42. The molecule has 0 radical (unpaired) electrons. The van der Waals surface area contributed by atoms with Gasteiger partial charge < -0.3 is 25.7 Å². The van der Waals surface area contributed by atoms with Crippen molar-refractivity contribution in [2.75, 3.05) is 6.54 Å². The molecule has 164 valence electrons. The molecule has 0 spiro atoms. The summed E-state index contributed by atoms with van der Waals surface area (Å²) in [5, 5.41) is 11.4. The molecule has 4 saturated carbocycles. The van der Waals surface area contributed by atoms with E-state index in [4.69, 9.17) is 4.42 Å². The van der Waals surface area contributed by atoms with E-state index in [-0.39, 0.29) is 42.9 Å². The van der Waals surface area contributed by atoms with E-state index in [1.54, 1.807) is 25.3 Å². The summed E-state index contributed by atoms with van der Waals surface area (Å²) < 4.78 is 5.16. The fourth-order valence-electron chi connectivity index (χ4n) is 5.96. The number of carbonyl (C=O) groups is 3. The van der Waals surface area contributed by atoms with Crippen molar-refractivity contribution in [3.63, 3.8) is 0 Å². The first kappa shape index (κ1) is 20.8. The van der Waals surface area contributed by atoms with Crippen molar-refractivity contribution in [2.45, 2.75) is 70.0 Å². The summed E-state index contributed by atoms with van der Waals surface area (Å²) in [4.78, 5) is 36.6. The summed E-state index contributed by atoms with van der Waals surface area (Å²) in [7, 11) is 0. The van der Waals surface area contributed by atoms with Crippen molar-refractivity contribution in [1.29, 1.82) is 0 Å². The lowest BCUT2D eigenvalue weighted by atomic mass is 9.53. The molecule has 4 amide bonds. The summed E-state index contributed by atoms with van der Waals surface area (Å²) in [5.41, 5.74) is -0.0400. The molecule has 30 heavy (non-hydrogen) atoms. The number of carbonyl (C=O) groups excluding carboxylic acids is 3. The van der Waals surface area contributed by atoms with Gasteiger partial charge in [0.05, 0.1) is 12.8 Å². The molecule has 4 N–H and O–H groups in total. The highest BCUT2D eigenvalue weighted by Crippen LogP contribution is 2.55. The normalized spacial score (nSPS) is 29.8. The molecule has 5 rings (SSSR count). The zero-order valence-electron chi connectivity index (χ0n) is 17.5. The lowest BCUT2D eigenvalue weighted by Crippen LogP contribution is -2.61. The van der Waals surface area contributed by atoms with E-state index in [1.165, 1.54) is 19.3 Å². The van der Waals surface area contributed by atoms with Crippen LogP contribution in [-0.4, -0.2) is 36.0 Å². The maximum Gasteiger partial charge on any atom is 0.315 e. The predicted molar refractivity (Wildman–Crippen MR) is 110 cm³/mol. The van der Waals surface area contributed by atoms with Crippen LogP contribution in [0.2, 0.25) is 0 Å². The highest BCUT2D eigenvalue weighted by molar-refractivity contribution is 5.87. The lowest BCUT2D eigenvalue weighted by Gasteiger charge is -2.56. The maximum absolute atomic E-state index is 12.4. The largest absolute Gasteiger partial charge is 0.467 e. The molecule has 8 nitrogen and oxygen atoms in total. The second-order valence-electron chi connectivity index (χ2n) is 9.42. The van der Waals surface area contributed by atoms with Gasteiger partial charge in [0.15, 0.2) is 0 Å². The molecule has 4 aliphatic rings. The van der Waals surface area contributed by atoms with Crippen LogP contribution in [0.3, 0.4) is 0 Å². The SMILES string of the molecule is CC(NC(=O)CCNC(=O)NC12CC3CC(CC(C3)C1)C2)C(=O)NCc1ccco1. The van der Waals surface area contributed by atoms with Gasteiger partial charge in [-0.3, -0.25) is 9.59 Å². The first-order valence-electron chi connectivity index (χ1n) is 11.1. The Hall–Kier alpha value is -2.51. The number of hydrogen-bond acceptors (Lipinski definition) is 4. The van der Waals surface area contributed by atoms with Gasteiger partial charge in [-0.2, -0.15) is 0 Å². The van der Waals surface area contributed by atoms with Crippen molar-refractivity contribution in [3.8, 4) is 0 Å². The monoisotopic (exact) mass is 416 g/mol. The van der Waals surface area contributed by atoms with E-state index in [2.05, 4.69) is 21.3 Å². The van der Waals surface area contributed by atoms with Gasteiger partial charge >= 0.3 is 6.03 Å². The van der Waals surface area contributed by atoms with Crippen LogP contribution in [0.5, 0.6) is 0 Å². The van der Waals surface area contributed by atoms with Gasteiger partial charge in [-0.15, -0.1) is 0 Å². The highest BCUT2D eigenvalue weighted by atomic mass is 16.3. The number of urea groups is 1. The van der Waals surface area contributed by atoms with Crippen LogP contribution in [0.4, 0.5) is 4.79 Å². The molecule has 0 saturated heterocycles. The average Bonchev–Trinajstić information content (AvgIpc) is 3.18. The van der Waals surface area contributed by atoms with Crippen LogP contribution in [0, 0.1) is 17.8 Å². The van der Waals surface area contributed by atoms with Crippen LogP contribution in [0.25, 0.3) is 0 Å². The van der Waals surface area contributed by atoms with Crippen LogP contribution in [0.1, 0.15) is 57.6 Å². The van der Waals surface area contributed by atoms with E-state index < -0.39 is 6.04 Å². The van der Waals surface area contributed by atoms with Crippen LogP contribution >= 0.6 is 0 Å². The zero-order valence-corrected chi connectivity index (χ0v) is 17.5. The van der Waals surface area contributed by atoms with Gasteiger partial charge in [-0.05, 0) is 75.3 Å². The van der Waals surface area contributed by atoms with E-state index in [1.807, 2.05) is 0 Å². The first-order chi connectivity index (χ1) is 14.4. The molecule has 8 heteroatoms. The highest BCUT2D eigenvalue weighted by Gasteiger charge is 2.51. The van der Waals surface area contributed by atoms with Crippen molar-refractivity contribution in [3.05, 3.63) is 24.2 Å². The third kappa shape index (κ3) is 4.96. The quantitative estimate of drug-likeness (QED) is 0.520. The predicted octanol–water partition coefficient (Wildman–Crippen LogP) is 2.06. The van der Waals surface area contributed by atoms with Crippen molar-refractivity contribution in [1.82, 2.24) is 21.3 Å². The molecular formula is C22H32N4O4. The van der Waals surface area contributed by atoms with Crippen LogP contribution in [0.15, 0.2) is 22.8 Å². The Morgan fingerprint density at radius 3 is 2.37 bits per heavy atom. The number of furan rings is 1. The number of hydrogen-bond donors (Lipinski definition) is 4. The van der Waals surface area contributed by atoms with E-state index in [0.717, 1.165) is 37.0 Å². The second kappa shape index (κ2) is 8.70. The van der Waals surface area contributed by atoms with E-state index in [0.29, 0.717) is 5.76 Å². The molecule has 1 heterocycles. The summed E-state index contributed by atoms with van der Waals surface area (Å²) in [6.07, 6.45) is 8.94. The van der Waals surface area contributed by atoms with Crippen molar-refractivity contribution in [2.24, 2.45) is 17.8 Å². The molecule has 1 aromatic heterocycles. The van der Waals surface area contributed by atoms with Gasteiger partial charge in [-0.25, -0.2) is 4.79 Å². The molecular weight excluding hydrogens is 384 g/mol. The Labute approximate surface area is 176 Å². The molecule has 1 atom stereocenters. The van der Waals surface area contributed by atoms with Crippen molar-refractivity contribution < 1.29 is 18.8 Å². The smallest absolute Gasteiger partial charge is 0.315 e. The summed E-state index contributed by atoms with van der Waals surface area (Å²) in [6.45, 7) is 2.14. The molecule has 0 aliphatic heterocycles. The Kier molecular flexibility index (Phi) is 6.01. The topological polar surface area (TPSA) is 112 Å². The molecule has 1 aromatic rings. The summed E-state index contributed by atoms with van der Waals surface area (Å²) >= 11 is 0. The van der Waals surface area contributed by atoms with Crippen LogP contribution in [-0.2, 0) is 16.1 Å². The minimum atomic E-state index is -0.659. The third-order valence-electron chi connectivity index (χ3n) is 6.84. The minimum absolute atomic E-state index is 0.0400. The van der Waals surface area contributed by atoms with Gasteiger partial charge in [0.1, 0.15) is 11.8 Å². The van der Waals surface area contributed by atoms with Crippen LogP contribution < -0.4 is 21.3 Å². The van der Waals surface area contributed by atoms with Gasteiger partial charge in [0.25, 0.3) is 0 Å². The fraction of sp³-hybridized carbons (Fsp3) is 0.682. The molecule has 0 aromatic carbocycles. The molecule has 4 fully saturated rings. The first-order valence-corrected chi connectivity index (χ1v) is 11.1. The fourth-order valence-corrected chi connectivity index (χ4v) is 5.96. The Bertz CT molecular complexity index is 741. The van der Waals surface area contributed by atoms with Gasteiger partial charge in [0, 0.05) is 18.5 Å².